The van der Waals surface area contributed by atoms with Crippen LogP contribution in [0.4, 0.5) is 4.39 Å². The molecule has 0 spiro atoms. The zero-order valence-corrected chi connectivity index (χ0v) is 17.7. The fourth-order valence-electron chi connectivity index (χ4n) is 3.46. The predicted octanol–water partition coefficient (Wildman–Crippen LogP) is 2.49. The molecule has 0 saturated carbocycles. The second-order valence-electron chi connectivity index (χ2n) is 7.50. The highest BCUT2D eigenvalue weighted by Gasteiger charge is 2.20. The van der Waals surface area contributed by atoms with Crippen molar-refractivity contribution < 1.29 is 18.7 Å². The second kappa shape index (κ2) is 10.9. The Bertz CT molecular complexity index is 811. The first-order chi connectivity index (χ1) is 14.5. The highest BCUT2D eigenvalue weighted by atomic mass is 19.1. The summed E-state index contributed by atoms with van der Waals surface area (Å²) in [5.74, 6) is 0.719. The van der Waals surface area contributed by atoms with Gasteiger partial charge in [0, 0.05) is 46.3 Å². The summed E-state index contributed by atoms with van der Waals surface area (Å²) in [7, 11) is 3.19. The van der Waals surface area contributed by atoms with Crippen LogP contribution < -0.4 is 9.47 Å². The molecule has 30 heavy (non-hydrogen) atoms. The molecule has 1 amide bonds. The van der Waals surface area contributed by atoms with Crippen LogP contribution in [0.3, 0.4) is 0 Å². The lowest BCUT2D eigenvalue weighted by Gasteiger charge is -2.34. The Kier molecular flexibility index (Phi) is 8.04. The number of para-hydroxylation sites is 1. The molecule has 1 fully saturated rings. The molecule has 7 heteroatoms. The van der Waals surface area contributed by atoms with Crippen molar-refractivity contribution in [3.05, 3.63) is 59.9 Å². The van der Waals surface area contributed by atoms with E-state index in [1.54, 1.807) is 24.1 Å². The van der Waals surface area contributed by atoms with E-state index < -0.39 is 5.82 Å². The highest BCUT2D eigenvalue weighted by Crippen LogP contribution is 2.18. The molecule has 2 aromatic carbocycles. The van der Waals surface area contributed by atoms with E-state index in [4.69, 9.17) is 9.47 Å². The van der Waals surface area contributed by atoms with Gasteiger partial charge in [0.1, 0.15) is 12.4 Å². The molecule has 0 radical (unpaired) electrons. The van der Waals surface area contributed by atoms with Crippen LogP contribution in [-0.4, -0.2) is 80.6 Å². The number of hydrogen-bond donors (Lipinski definition) is 0. The van der Waals surface area contributed by atoms with Crippen LogP contribution in [0.5, 0.6) is 11.5 Å². The van der Waals surface area contributed by atoms with Crippen molar-refractivity contribution >= 4 is 5.91 Å². The molecule has 1 heterocycles. The molecule has 0 aromatic heterocycles. The summed E-state index contributed by atoms with van der Waals surface area (Å²) in [6.45, 7) is 5.81. The van der Waals surface area contributed by atoms with Crippen LogP contribution in [0.15, 0.2) is 48.5 Å². The van der Waals surface area contributed by atoms with Crippen molar-refractivity contribution in [2.24, 2.45) is 0 Å². The molecular weight excluding hydrogens is 385 g/mol. The first-order valence-electron chi connectivity index (χ1n) is 10.2. The van der Waals surface area contributed by atoms with Gasteiger partial charge in [-0.15, -0.1) is 0 Å². The van der Waals surface area contributed by atoms with Gasteiger partial charge in [0.15, 0.2) is 11.6 Å². The van der Waals surface area contributed by atoms with Gasteiger partial charge in [-0.2, -0.15) is 0 Å². The molecule has 162 valence electrons. The Balaban J connectivity index is 1.36. The van der Waals surface area contributed by atoms with Gasteiger partial charge in [0.05, 0.1) is 13.7 Å². The lowest BCUT2D eigenvalue weighted by molar-refractivity contribution is -0.132. The van der Waals surface area contributed by atoms with E-state index in [0.717, 1.165) is 44.0 Å². The Hall–Kier alpha value is -2.64. The zero-order valence-electron chi connectivity index (χ0n) is 17.7. The minimum absolute atomic E-state index is 0.0343. The molecule has 0 unspecified atom stereocenters. The molecule has 0 atom stereocenters. The Labute approximate surface area is 177 Å². The summed E-state index contributed by atoms with van der Waals surface area (Å²) in [5.41, 5.74) is 0.743. The maximum atomic E-state index is 13.8. The van der Waals surface area contributed by atoms with E-state index in [9.17, 15) is 9.18 Å². The third-order valence-electron chi connectivity index (χ3n) is 5.30. The van der Waals surface area contributed by atoms with Gasteiger partial charge >= 0.3 is 0 Å². The molecular formula is C23H30FN3O3. The lowest BCUT2D eigenvalue weighted by Crippen LogP contribution is -2.50. The fourth-order valence-corrected chi connectivity index (χ4v) is 3.46. The summed E-state index contributed by atoms with van der Waals surface area (Å²) in [6.07, 6.45) is 0. The SMILES string of the molecule is COc1ccc(CN(C)C(=O)CN2CCN(CCOc3ccccc3)CC2)cc1F. The molecule has 1 saturated heterocycles. The minimum Gasteiger partial charge on any atom is -0.494 e. The zero-order chi connectivity index (χ0) is 21.3. The molecule has 0 N–H and O–H groups in total. The number of carbonyl (C=O) groups excluding carboxylic acids is 1. The number of ether oxygens (including phenoxy) is 2. The molecule has 0 aliphatic carbocycles. The number of nitrogens with zero attached hydrogens (tertiary/aromatic N) is 3. The maximum Gasteiger partial charge on any atom is 0.236 e. The first-order valence-corrected chi connectivity index (χ1v) is 10.2. The normalized spacial score (nSPS) is 15.0. The average Bonchev–Trinajstić information content (AvgIpc) is 2.76. The van der Waals surface area contributed by atoms with Crippen molar-refractivity contribution in [2.45, 2.75) is 6.54 Å². The monoisotopic (exact) mass is 415 g/mol. The summed E-state index contributed by atoms with van der Waals surface area (Å²) in [4.78, 5) is 18.7. The van der Waals surface area contributed by atoms with Crippen molar-refractivity contribution in [1.29, 1.82) is 0 Å². The van der Waals surface area contributed by atoms with E-state index in [2.05, 4.69) is 9.80 Å². The van der Waals surface area contributed by atoms with Crippen LogP contribution >= 0.6 is 0 Å². The highest BCUT2D eigenvalue weighted by molar-refractivity contribution is 5.78. The number of benzene rings is 2. The Morgan fingerprint density at radius 3 is 2.43 bits per heavy atom. The summed E-state index contributed by atoms with van der Waals surface area (Å²) in [6, 6.07) is 14.6. The summed E-state index contributed by atoms with van der Waals surface area (Å²) in [5, 5.41) is 0. The molecule has 3 rings (SSSR count). The van der Waals surface area contributed by atoms with Gasteiger partial charge in [0.2, 0.25) is 5.91 Å². The predicted molar refractivity (Wildman–Crippen MR) is 114 cm³/mol. The lowest BCUT2D eigenvalue weighted by atomic mass is 10.2. The second-order valence-corrected chi connectivity index (χ2v) is 7.50. The smallest absolute Gasteiger partial charge is 0.236 e. The number of rotatable bonds is 9. The number of methoxy groups -OCH3 is 1. The number of piperazine rings is 1. The van der Waals surface area contributed by atoms with Gasteiger partial charge in [0.25, 0.3) is 0 Å². The largest absolute Gasteiger partial charge is 0.494 e. The summed E-state index contributed by atoms with van der Waals surface area (Å²) >= 11 is 0. The van der Waals surface area contributed by atoms with E-state index in [1.807, 2.05) is 30.3 Å². The maximum absolute atomic E-state index is 13.8. The Morgan fingerprint density at radius 2 is 1.77 bits per heavy atom. The first kappa shape index (κ1) is 22.1. The fraction of sp³-hybridized carbons (Fsp3) is 0.435. The van der Waals surface area contributed by atoms with Crippen LogP contribution in [0.1, 0.15) is 5.56 Å². The van der Waals surface area contributed by atoms with Gasteiger partial charge in [-0.25, -0.2) is 4.39 Å². The molecule has 6 nitrogen and oxygen atoms in total. The van der Waals surface area contributed by atoms with Gasteiger partial charge in [-0.3, -0.25) is 14.6 Å². The van der Waals surface area contributed by atoms with E-state index in [1.165, 1.54) is 13.2 Å². The van der Waals surface area contributed by atoms with Gasteiger partial charge in [-0.05, 0) is 29.8 Å². The van der Waals surface area contributed by atoms with Gasteiger partial charge in [-0.1, -0.05) is 24.3 Å². The minimum atomic E-state index is -0.414. The van der Waals surface area contributed by atoms with Crippen LogP contribution in [-0.2, 0) is 11.3 Å². The van der Waals surface area contributed by atoms with Crippen molar-refractivity contribution in [3.63, 3.8) is 0 Å². The van der Waals surface area contributed by atoms with Crippen LogP contribution in [0.2, 0.25) is 0 Å². The number of likely N-dealkylation sites (N-methyl/N-ethyl adjacent to an activating group) is 1. The third kappa shape index (κ3) is 6.43. The van der Waals surface area contributed by atoms with Crippen molar-refractivity contribution in [1.82, 2.24) is 14.7 Å². The molecule has 1 aliphatic rings. The van der Waals surface area contributed by atoms with E-state index >= 15 is 0 Å². The van der Waals surface area contributed by atoms with Crippen LogP contribution in [0, 0.1) is 5.82 Å². The van der Waals surface area contributed by atoms with Crippen molar-refractivity contribution in [2.75, 3.05) is 60.0 Å². The Morgan fingerprint density at radius 1 is 1.07 bits per heavy atom. The number of carbonyl (C=O) groups is 1. The van der Waals surface area contributed by atoms with Crippen molar-refractivity contribution in [3.8, 4) is 11.5 Å². The molecule has 2 aromatic rings. The standard InChI is InChI=1S/C23H30FN3O3/c1-25(17-19-8-9-22(29-2)21(24)16-19)23(28)18-27-12-10-26(11-13-27)14-15-30-20-6-4-3-5-7-20/h3-9,16H,10-15,17-18H2,1-2H3. The quantitative estimate of drug-likeness (QED) is 0.630. The average molecular weight is 416 g/mol. The van der Waals surface area contributed by atoms with E-state index in [-0.39, 0.29) is 11.7 Å². The number of halogens is 1. The molecule has 1 aliphatic heterocycles. The topological polar surface area (TPSA) is 45.2 Å². The third-order valence-corrected chi connectivity index (χ3v) is 5.30. The molecule has 0 bridgehead atoms. The van der Waals surface area contributed by atoms with E-state index in [0.29, 0.717) is 19.7 Å². The number of amides is 1. The van der Waals surface area contributed by atoms with Gasteiger partial charge < -0.3 is 14.4 Å². The number of hydrogen-bond acceptors (Lipinski definition) is 5. The summed E-state index contributed by atoms with van der Waals surface area (Å²) < 4.78 is 24.5. The van der Waals surface area contributed by atoms with Crippen LogP contribution in [0.25, 0.3) is 0 Å².